The van der Waals surface area contributed by atoms with Crippen molar-refractivity contribution in [2.24, 2.45) is 0 Å². The fourth-order valence-corrected chi connectivity index (χ4v) is 5.83. The molecule has 0 saturated carbocycles. The van der Waals surface area contributed by atoms with Crippen LogP contribution in [0.2, 0.25) is 0 Å². The van der Waals surface area contributed by atoms with Crippen molar-refractivity contribution >= 4 is 43.3 Å². The Bertz CT molecular complexity index is 954. The summed E-state index contributed by atoms with van der Waals surface area (Å²) in [6.45, 7) is 2.69. The van der Waals surface area contributed by atoms with Crippen LogP contribution in [-0.4, -0.2) is 31.5 Å². The lowest BCUT2D eigenvalue weighted by molar-refractivity contribution is 0.336. The summed E-state index contributed by atoms with van der Waals surface area (Å²) in [6.07, 6.45) is 0.572. The lowest BCUT2D eigenvalue weighted by atomic mass is 10.2. The first-order chi connectivity index (χ1) is 13.1. The number of aromatic nitrogens is 1. The molecule has 0 atom stereocenters. The standard InChI is InChI=1S/C19H22N2O3S3/c1-2-24-17-10-5-3-8-15(17)14-20-27(22,23)13-7-12-25-19-21-16-9-4-6-11-18(16)26-19/h3-6,8-11,20H,2,7,12-14H2,1H3. The number of sulfonamides is 1. The van der Waals surface area contributed by atoms with Gasteiger partial charge in [-0.3, -0.25) is 0 Å². The molecule has 0 aliphatic rings. The molecule has 2 aromatic carbocycles. The van der Waals surface area contributed by atoms with Crippen molar-refractivity contribution in [3.8, 4) is 5.75 Å². The number of ether oxygens (including phenoxy) is 1. The van der Waals surface area contributed by atoms with E-state index in [0.717, 1.165) is 25.9 Å². The topological polar surface area (TPSA) is 68.3 Å². The Morgan fingerprint density at radius 1 is 1.15 bits per heavy atom. The number of nitrogens with one attached hydrogen (secondary N) is 1. The molecular weight excluding hydrogens is 400 g/mol. The van der Waals surface area contributed by atoms with E-state index in [4.69, 9.17) is 4.74 Å². The second kappa shape index (κ2) is 9.54. The third kappa shape index (κ3) is 5.93. The molecule has 0 radical (unpaired) electrons. The highest BCUT2D eigenvalue weighted by Crippen LogP contribution is 2.29. The minimum absolute atomic E-state index is 0.0989. The van der Waals surface area contributed by atoms with Gasteiger partial charge in [-0.2, -0.15) is 0 Å². The first kappa shape index (κ1) is 20.1. The van der Waals surface area contributed by atoms with Gasteiger partial charge in [0.25, 0.3) is 0 Å². The highest BCUT2D eigenvalue weighted by Gasteiger charge is 2.12. The molecule has 144 valence electrons. The third-order valence-corrected chi connectivity index (χ3v) is 7.49. The van der Waals surface area contributed by atoms with E-state index in [-0.39, 0.29) is 12.3 Å². The molecule has 0 aliphatic heterocycles. The van der Waals surface area contributed by atoms with Gasteiger partial charge in [0.1, 0.15) is 5.75 Å². The summed E-state index contributed by atoms with van der Waals surface area (Å²) >= 11 is 3.25. The van der Waals surface area contributed by atoms with E-state index in [0.29, 0.717) is 18.8 Å². The molecule has 0 saturated heterocycles. The fraction of sp³-hybridized carbons (Fsp3) is 0.316. The molecule has 1 heterocycles. The Morgan fingerprint density at radius 3 is 2.74 bits per heavy atom. The summed E-state index contributed by atoms with van der Waals surface area (Å²) in [6, 6.07) is 15.5. The summed E-state index contributed by atoms with van der Waals surface area (Å²) in [5, 5.41) is 0. The van der Waals surface area contributed by atoms with Gasteiger partial charge in [0.2, 0.25) is 10.0 Å². The Balaban J connectivity index is 1.46. The van der Waals surface area contributed by atoms with E-state index in [1.165, 1.54) is 0 Å². The predicted octanol–water partition coefficient (Wildman–Crippen LogP) is 4.30. The van der Waals surface area contributed by atoms with Crippen LogP contribution in [0.3, 0.4) is 0 Å². The maximum Gasteiger partial charge on any atom is 0.211 e. The van der Waals surface area contributed by atoms with Crippen LogP contribution in [0.1, 0.15) is 18.9 Å². The largest absolute Gasteiger partial charge is 0.494 e. The molecule has 27 heavy (non-hydrogen) atoms. The Labute approximate surface area is 168 Å². The van der Waals surface area contributed by atoms with Gasteiger partial charge >= 0.3 is 0 Å². The van der Waals surface area contributed by atoms with Gasteiger partial charge in [-0.1, -0.05) is 42.1 Å². The van der Waals surface area contributed by atoms with Crippen LogP contribution in [0.15, 0.2) is 52.9 Å². The van der Waals surface area contributed by atoms with Crippen LogP contribution < -0.4 is 9.46 Å². The van der Waals surface area contributed by atoms with E-state index >= 15 is 0 Å². The first-order valence-corrected chi connectivity index (χ1v) is 12.2. The van der Waals surface area contributed by atoms with Crippen LogP contribution in [0.4, 0.5) is 0 Å². The van der Waals surface area contributed by atoms with Gasteiger partial charge in [-0.25, -0.2) is 18.1 Å². The predicted molar refractivity (Wildman–Crippen MR) is 113 cm³/mol. The third-order valence-electron chi connectivity index (χ3n) is 3.81. The lowest BCUT2D eigenvalue weighted by Gasteiger charge is -2.11. The zero-order valence-corrected chi connectivity index (χ0v) is 17.5. The molecule has 0 unspecified atom stereocenters. The summed E-state index contributed by atoms with van der Waals surface area (Å²) in [5.74, 6) is 1.53. The number of benzene rings is 2. The maximum atomic E-state index is 12.3. The van der Waals surface area contributed by atoms with Crippen molar-refractivity contribution in [1.82, 2.24) is 9.71 Å². The summed E-state index contributed by atoms with van der Waals surface area (Å²) in [7, 11) is -3.33. The average Bonchev–Trinajstić information content (AvgIpc) is 3.08. The number of para-hydroxylation sites is 2. The van der Waals surface area contributed by atoms with Crippen LogP contribution in [0.5, 0.6) is 5.75 Å². The number of nitrogens with zero attached hydrogens (tertiary/aromatic N) is 1. The number of fused-ring (bicyclic) bond motifs is 1. The van der Waals surface area contributed by atoms with Gasteiger partial charge in [-0.05, 0) is 31.5 Å². The van der Waals surface area contributed by atoms with Crippen LogP contribution in [-0.2, 0) is 16.6 Å². The molecule has 0 aliphatic carbocycles. The smallest absolute Gasteiger partial charge is 0.211 e. The van der Waals surface area contributed by atoms with Crippen molar-refractivity contribution in [1.29, 1.82) is 0 Å². The second-order valence-electron chi connectivity index (χ2n) is 5.83. The summed E-state index contributed by atoms with van der Waals surface area (Å²) < 4.78 is 34.8. The van der Waals surface area contributed by atoms with Crippen LogP contribution in [0.25, 0.3) is 10.2 Å². The monoisotopic (exact) mass is 422 g/mol. The SMILES string of the molecule is CCOc1ccccc1CNS(=O)(=O)CCCSc1nc2ccccc2s1. The Morgan fingerprint density at radius 2 is 1.93 bits per heavy atom. The van der Waals surface area contributed by atoms with Crippen molar-refractivity contribution < 1.29 is 13.2 Å². The lowest BCUT2D eigenvalue weighted by Crippen LogP contribution is -2.26. The quantitative estimate of drug-likeness (QED) is 0.390. The Hall–Kier alpha value is -1.61. The van der Waals surface area contributed by atoms with Gasteiger partial charge in [0.05, 0.1) is 22.6 Å². The molecule has 1 aromatic heterocycles. The molecule has 1 N–H and O–H groups in total. The molecule has 3 aromatic rings. The number of thioether (sulfide) groups is 1. The number of hydrogen-bond acceptors (Lipinski definition) is 6. The molecule has 8 heteroatoms. The second-order valence-corrected chi connectivity index (χ2v) is 10.1. The number of thiazole rings is 1. The van der Waals surface area contributed by atoms with Gasteiger partial charge in [0.15, 0.2) is 4.34 Å². The highest BCUT2D eigenvalue weighted by molar-refractivity contribution is 8.01. The van der Waals surface area contributed by atoms with E-state index in [1.807, 2.05) is 55.5 Å². The van der Waals surface area contributed by atoms with E-state index in [1.54, 1.807) is 23.1 Å². The summed E-state index contributed by atoms with van der Waals surface area (Å²) in [4.78, 5) is 4.55. The zero-order valence-electron chi connectivity index (χ0n) is 15.1. The minimum Gasteiger partial charge on any atom is -0.494 e. The molecule has 5 nitrogen and oxygen atoms in total. The zero-order chi connectivity index (χ0) is 19.1. The van der Waals surface area contributed by atoms with Gasteiger partial charge < -0.3 is 4.74 Å². The van der Waals surface area contributed by atoms with Crippen LogP contribution in [0, 0.1) is 0 Å². The Kier molecular flexibility index (Phi) is 7.12. The molecular formula is C19H22N2O3S3. The number of rotatable bonds is 10. The maximum absolute atomic E-state index is 12.3. The van der Waals surface area contributed by atoms with E-state index < -0.39 is 10.0 Å². The molecule has 0 bridgehead atoms. The normalized spacial score (nSPS) is 11.7. The van der Waals surface area contributed by atoms with E-state index in [2.05, 4.69) is 9.71 Å². The highest BCUT2D eigenvalue weighted by atomic mass is 32.2. The van der Waals surface area contributed by atoms with Crippen molar-refractivity contribution in [3.63, 3.8) is 0 Å². The summed E-state index contributed by atoms with van der Waals surface area (Å²) in [5.41, 5.74) is 1.83. The van der Waals surface area contributed by atoms with E-state index in [9.17, 15) is 8.42 Å². The van der Waals surface area contributed by atoms with Gasteiger partial charge in [0, 0.05) is 17.9 Å². The van der Waals surface area contributed by atoms with Crippen molar-refractivity contribution in [2.45, 2.75) is 24.2 Å². The van der Waals surface area contributed by atoms with Crippen molar-refractivity contribution in [3.05, 3.63) is 54.1 Å². The average molecular weight is 423 g/mol. The molecule has 0 fully saturated rings. The van der Waals surface area contributed by atoms with Gasteiger partial charge in [-0.15, -0.1) is 11.3 Å². The molecule has 0 spiro atoms. The fourth-order valence-electron chi connectivity index (χ4n) is 2.53. The van der Waals surface area contributed by atoms with Crippen molar-refractivity contribution in [2.75, 3.05) is 18.1 Å². The van der Waals surface area contributed by atoms with Crippen LogP contribution >= 0.6 is 23.1 Å². The molecule has 0 amide bonds. The first-order valence-electron chi connectivity index (χ1n) is 8.74. The molecule has 3 rings (SSSR count). The number of hydrogen-bond donors (Lipinski definition) is 1. The minimum atomic E-state index is -3.33.